The minimum atomic E-state index is -0.251. The van der Waals surface area contributed by atoms with Crippen LogP contribution in [-0.2, 0) is 0 Å². The highest BCUT2D eigenvalue weighted by molar-refractivity contribution is 6.03. The van der Waals surface area contributed by atoms with Crippen LogP contribution in [0.15, 0.2) is 36.7 Å². The van der Waals surface area contributed by atoms with Gasteiger partial charge in [-0.05, 0) is 30.7 Å². The van der Waals surface area contributed by atoms with Crippen molar-refractivity contribution in [2.24, 2.45) is 0 Å². The van der Waals surface area contributed by atoms with Gasteiger partial charge in [0.25, 0.3) is 5.91 Å². The van der Waals surface area contributed by atoms with E-state index in [9.17, 15) is 4.79 Å². The lowest BCUT2D eigenvalue weighted by Crippen LogP contribution is -2.14. The van der Waals surface area contributed by atoms with E-state index in [2.05, 4.69) is 32.7 Å². The van der Waals surface area contributed by atoms with Crippen molar-refractivity contribution in [2.45, 2.75) is 19.8 Å². The molecule has 0 aliphatic carbocycles. The highest BCUT2D eigenvalue weighted by atomic mass is 16.1. The minimum Gasteiger partial charge on any atom is -0.369 e. The summed E-state index contributed by atoms with van der Waals surface area (Å²) in [5.74, 6) is 0.872. The minimum absolute atomic E-state index is 0.251. The number of anilines is 2. The van der Waals surface area contributed by atoms with Gasteiger partial charge in [0.2, 0.25) is 0 Å². The molecule has 0 fully saturated rings. The molecule has 0 aliphatic rings. The van der Waals surface area contributed by atoms with Crippen molar-refractivity contribution >= 4 is 17.5 Å². The SMILES string of the molecule is CCCCNc1ccc(NC(=O)c2cccnc2)nn1. The van der Waals surface area contributed by atoms with Crippen molar-refractivity contribution in [2.75, 3.05) is 17.2 Å². The summed E-state index contributed by atoms with van der Waals surface area (Å²) < 4.78 is 0. The highest BCUT2D eigenvalue weighted by Crippen LogP contribution is 2.08. The molecule has 1 amide bonds. The maximum absolute atomic E-state index is 11.9. The van der Waals surface area contributed by atoms with Crippen LogP contribution in [0.25, 0.3) is 0 Å². The van der Waals surface area contributed by atoms with Gasteiger partial charge in [0, 0.05) is 18.9 Å². The fraction of sp³-hybridized carbons (Fsp3) is 0.286. The van der Waals surface area contributed by atoms with E-state index in [-0.39, 0.29) is 5.91 Å². The molecule has 104 valence electrons. The van der Waals surface area contributed by atoms with E-state index in [1.54, 1.807) is 30.5 Å². The average molecular weight is 271 g/mol. The predicted octanol–water partition coefficient (Wildman–Crippen LogP) is 2.34. The van der Waals surface area contributed by atoms with Gasteiger partial charge < -0.3 is 10.6 Å². The standard InChI is InChI=1S/C14H17N5O/c1-2-3-9-16-12-6-7-13(19-18-12)17-14(20)11-5-4-8-15-10-11/h4-8,10H,2-3,9H2,1H3,(H,16,18)(H,17,19,20). The molecule has 0 aliphatic heterocycles. The summed E-state index contributed by atoms with van der Waals surface area (Å²) in [6, 6.07) is 6.91. The van der Waals surface area contributed by atoms with Gasteiger partial charge in [-0.2, -0.15) is 0 Å². The quantitative estimate of drug-likeness (QED) is 0.788. The molecule has 0 radical (unpaired) electrons. The van der Waals surface area contributed by atoms with Crippen LogP contribution in [0.2, 0.25) is 0 Å². The van der Waals surface area contributed by atoms with Crippen LogP contribution >= 0.6 is 0 Å². The number of unbranched alkanes of at least 4 members (excludes halogenated alkanes) is 1. The number of carbonyl (C=O) groups excluding carboxylic acids is 1. The van der Waals surface area contributed by atoms with Gasteiger partial charge in [-0.25, -0.2) is 0 Å². The Kier molecular flexibility index (Phi) is 5.00. The van der Waals surface area contributed by atoms with Gasteiger partial charge in [-0.3, -0.25) is 9.78 Å². The molecule has 2 N–H and O–H groups in total. The fourth-order valence-corrected chi connectivity index (χ4v) is 1.57. The third kappa shape index (κ3) is 4.01. The molecule has 0 saturated carbocycles. The molecule has 2 rings (SSSR count). The van der Waals surface area contributed by atoms with Gasteiger partial charge in [-0.1, -0.05) is 13.3 Å². The summed E-state index contributed by atoms with van der Waals surface area (Å²) in [6.45, 7) is 3.00. The maximum atomic E-state index is 11.9. The average Bonchev–Trinajstić information content (AvgIpc) is 2.50. The van der Waals surface area contributed by atoms with Crippen LogP contribution in [0, 0.1) is 0 Å². The number of amides is 1. The van der Waals surface area contributed by atoms with Crippen molar-refractivity contribution in [1.82, 2.24) is 15.2 Å². The lowest BCUT2D eigenvalue weighted by atomic mass is 10.3. The molecular formula is C14H17N5O. The van der Waals surface area contributed by atoms with Crippen molar-refractivity contribution in [3.05, 3.63) is 42.2 Å². The summed E-state index contributed by atoms with van der Waals surface area (Å²) in [6.07, 6.45) is 5.33. The van der Waals surface area contributed by atoms with Gasteiger partial charge in [0.1, 0.15) is 5.82 Å². The first-order valence-electron chi connectivity index (χ1n) is 6.58. The lowest BCUT2D eigenvalue weighted by Gasteiger charge is -2.06. The number of carbonyl (C=O) groups is 1. The second-order valence-electron chi connectivity index (χ2n) is 4.28. The number of pyridine rings is 1. The zero-order valence-corrected chi connectivity index (χ0v) is 11.3. The predicted molar refractivity (Wildman–Crippen MR) is 77.6 cm³/mol. The first kappa shape index (κ1) is 13.9. The van der Waals surface area contributed by atoms with E-state index in [0.29, 0.717) is 17.2 Å². The van der Waals surface area contributed by atoms with E-state index in [4.69, 9.17) is 0 Å². The topological polar surface area (TPSA) is 79.8 Å². The Morgan fingerprint density at radius 1 is 1.20 bits per heavy atom. The first-order chi connectivity index (χ1) is 9.79. The van der Waals surface area contributed by atoms with Gasteiger partial charge in [0.15, 0.2) is 5.82 Å². The molecule has 0 aromatic carbocycles. The Labute approximate surface area is 117 Å². The lowest BCUT2D eigenvalue weighted by molar-refractivity contribution is 0.102. The molecule has 0 unspecified atom stereocenters. The molecule has 2 heterocycles. The molecule has 2 aromatic rings. The van der Waals surface area contributed by atoms with E-state index in [0.717, 1.165) is 19.4 Å². The normalized spacial score (nSPS) is 10.1. The Bertz CT molecular complexity index is 541. The molecule has 6 heteroatoms. The molecule has 0 saturated heterocycles. The molecule has 0 bridgehead atoms. The van der Waals surface area contributed by atoms with Crippen molar-refractivity contribution in [3.8, 4) is 0 Å². The van der Waals surface area contributed by atoms with Crippen LogP contribution < -0.4 is 10.6 Å². The molecule has 0 atom stereocenters. The number of aromatic nitrogens is 3. The zero-order valence-electron chi connectivity index (χ0n) is 11.3. The van der Waals surface area contributed by atoms with Crippen LogP contribution in [-0.4, -0.2) is 27.6 Å². The van der Waals surface area contributed by atoms with Crippen molar-refractivity contribution < 1.29 is 4.79 Å². The second kappa shape index (κ2) is 7.18. The third-order valence-corrected chi connectivity index (χ3v) is 2.67. The Hall–Kier alpha value is -2.50. The monoisotopic (exact) mass is 271 g/mol. The van der Waals surface area contributed by atoms with Crippen LogP contribution in [0.1, 0.15) is 30.1 Å². The number of hydrogen-bond donors (Lipinski definition) is 2. The Morgan fingerprint density at radius 2 is 2.00 bits per heavy atom. The summed E-state index contributed by atoms with van der Waals surface area (Å²) in [4.78, 5) is 15.8. The summed E-state index contributed by atoms with van der Waals surface area (Å²) in [5.41, 5.74) is 0.486. The van der Waals surface area contributed by atoms with Gasteiger partial charge >= 0.3 is 0 Å². The largest absolute Gasteiger partial charge is 0.369 e. The Balaban J connectivity index is 1.92. The smallest absolute Gasteiger partial charge is 0.258 e. The van der Waals surface area contributed by atoms with Crippen molar-refractivity contribution in [3.63, 3.8) is 0 Å². The van der Waals surface area contributed by atoms with Crippen LogP contribution in [0.5, 0.6) is 0 Å². The fourth-order valence-electron chi connectivity index (χ4n) is 1.57. The molecule has 2 aromatic heterocycles. The molecule has 0 spiro atoms. The first-order valence-corrected chi connectivity index (χ1v) is 6.58. The van der Waals surface area contributed by atoms with Crippen LogP contribution in [0.3, 0.4) is 0 Å². The molecule has 6 nitrogen and oxygen atoms in total. The number of hydrogen-bond acceptors (Lipinski definition) is 5. The van der Waals surface area contributed by atoms with E-state index in [1.807, 2.05) is 0 Å². The maximum Gasteiger partial charge on any atom is 0.258 e. The van der Waals surface area contributed by atoms with Gasteiger partial charge in [0.05, 0.1) is 5.56 Å². The zero-order chi connectivity index (χ0) is 14.2. The van der Waals surface area contributed by atoms with Gasteiger partial charge in [-0.15, -0.1) is 10.2 Å². The molecule has 20 heavy (non-hydrogen) atoms. The number of nitrogens with one attached hydrogen (secondary N) is 2. The summed E-state index contributed by atoms with van der Waals surface area (Å²) in [7, 11) is 0. The van der Waals surface area contributed by atoms with E-state index < -0.39 is 0 Å². The summed E-state index contributed by atoms with van der Waals surface area (Å²) in [5, 5.41) is 13.8. The number of rotatable bonds is 6. The third-order valence-electron chi connectivity index (χ3n) is 2.67. The molecular weight excluding hydrogens is 254 g/mol. The van der Waals surface area contributed by atoms with Crippen molar-refractivity contribution in [1.29, 1.82) is 0 Å². The Morgan fingerprint density at radius 3 is 2.65 bits per heavy atom. The van der Waals surface area contributed by atoms with Crippen LogP contribution in [0.4, 0.5) is 11.6 Å². The van der Waals surface area contributed by atoms with E-state index >= 15 is 0 Å². The second-order valence-corrected chi connectivity index (χ2v) is 4.28. The van der Waals surface area contributed by atoms with E-state index in [1.165, 1.54) is 6.20 Å². The highest BCUT2D eigenvalue weighted by Gasteiger charge is 2.06. The summed E-state index contributed by atoms with van der Waals surface area (Å²) >= 11 is 0. The number of nitrogens with zero attached hydrogens (tertiary/aromatic N) is 3.